The first kappa shape index (κ1) is 10.8. The lowest BCUT2D eigenvalue weighted by atomic mass is 10.00. The number of benzene rings is 1. The summed E-state index contributed by atoms with van der Waals surface area (Å²) in [6.45, 7) is 2.63. The first-order chi connectivity index (χ1) is 7.66. The lowest BCUT2D eigenvalue weighted by Crippen LogP contribution is -2.10. The van der Waals surface area contributed by atoms with Crippen molar-refractivity contribution in [3.63, 3.8) is 0 Å². The molecule has 0 bridgehead atoms. The van der Waals surface area contributed by atoms with Crippen molar-refractivity contribution in [2.45, 2.75) is 19.4 Å². The van der Waals surface area contributed by atoms with E-state index in [-0.39, 0.29) is 16.7 Å². The summed E-state index contributed by atoms with van der Waals surface area (Å²) >= 11 is 0. The van der Waals surface area contributed by atoms with Gasteiger partial charge in [-0.2, -0.15) is 0 Å². The number of nitrogens with zero attached hydrogens (tertiary/aromatic N) is 1. The molecule has 0 N–H and O–H groups in total. The zero-order valence-electron chi connectivity index (χ0n) is 9.05. The fourth-order valence-corrected chi connectivity index (χ4v) is 1.79. The fraction of sp³-hybridized carbons (Fsp3) is 0.333. The summed E-state index contributed by atoms with van der Waals surface area (Å²) in [7, 11) is 0. The number of nitro benzene ring substituents is 1. The molecule has 2 rings (SSSR count). The van der Waals surface area contributed by atoms with Gasteiger partial charge in [-0.3, -0.25) is 10.1 Å². The Hall–Kier alpha value is -1.68. The zero-order chi connectivity index (χ0) is 11.5. The van der Waals surface area contributed by atoms with E-state index in [4.69, 9.17) is 4.74 Å². The minimum Gasteiger partial charge on any atom is -0.369 e. The Morgan fingerprint density at radius 1 is 1.50 bits per heavy atom. The maximum Gasteiger partial charge on any atom is 0.269 e. The first-order valence-electron chi connectivity index (χ1n) is 5.18. The molecule has 0 fully saturated rings. The fourth-order valence-electron chi connectivity index (χ4n) is 1.79. The molecule has 1 aliphatic heterocycles. The molecule has 0 aromatic heterocycles. The molecule has 84 valence electrons. The molecule has 16 heavy (non-hydrogen) atoms. The quantitative estimate of drug-likeness (QED) is 0.436. The SMILES string of the molecule is CC1=CCOC(c2cccc([N+](=O)[O-])c2)C1. The number of ether oxygens (including phenoxy) is 1. The molecule has 0 radical (unpaired) electrons. The summed E-state index contributed by atoms with van der Waals surface area (Å²) in [5.74, 6) is 0. The van der Waals surface area contributed by atoms with Crippen LogP contribution in [0.2, 0.25) is 0 Å². The first-order valence-corrected chi connectivity index (χ1v) is 5.18. The minimum atomic E-state index is -0.380. The van der Waals surface area contributed by atoms with Crippen LogP contribution in [0.4, 0.5) is 5.69 Å². The normalized spacial score (nSPS) is 20.3. The predicted molar refractivity (Wildman–Crippen MR) is 60.2 cm³/mol. The van der Waals surface area contributed by atoms with E-state index >= 15 is 0 Å². The van der Waals surface area contributed by atoms with Crippen molar-refractivity contribution in [2.24, 2.45) is 0 Å². The third kappa shape index (κ3) is 2.28. The average Bonchev–Trinajstić information content (AvgIpc) is 2.29. The summed E-state index contributed by atoms with van der Waals surface area (Å²) < 4.78 is 5.57. The molecule has 0 spiro atoms. The highest BCUT2D eigenvalue weighted by Crippen LogP contribution is 2.29. The van der Waals surface area contributed by atoms with E-state index in [0.717, 1.165) is 12.0 Å². The zero-order valence-corrected chi connectivity index (χ0v) is 9.05. The lowest BCUT2D eigenvalue weighted by Gasteiger charge is -2.22. The van der Waals surface area contributed by atoms with Gasteiger partial charge in [0.1, 0.15) is 0 Å². The summed E-state index contributed by atoms with van der Waals surface area (Å²) in [6.07, 6.45) is 2.79. The van der Waals surface area contributed by atoms with Crippen LogP contribution in [-0.2, 0) is 4.74 Å². The molecule has 1 heterocycles. The van der Waals surface area contributed by atoms with Crippen molar-refractivity contribution in [3.05, 3.63) is 51.6 Å². The Morgan fingerprint density at radius 3 is 3.00 bits per heavy atom. The van der Waals surface area contributed by atoms with Crippen LogP contribution in [0.25, 0.3) is 0 Å². The van der Waals surface area contributed by atoms with Gasteiger partial charge in [-0.1, -0.05) is 23.8 Å². The highest BCUT2D eigenvalue weighted by atomic mass is 16.6. The Balaban J connectivity index is 2.24. The van der Waals surface area contributed by atoms with Gasteiger partial charge >= 0.3 is 0 Å². The number of non-ortho nitro benzene ring substituents is 1. The molecule has 0 saturated carbocycles. The van der Waals surface area contributed by atoms with Gasteiger partial charge in [0, 0.05) is 12.1 Å². The second kappa shape index (κ2) is 4.45. The van der Waals surface area contributed by atoms with Crippen LogP contribution in [0, 0.1) is 10.1 Å². The van der Waals surface area contributed by atoms with Gasteiger partial charge in [0.05, 0.1) is 17.6 Å². The second-order valence-corrected chi connectivity index (χ2v) is 3.93. The molecule has 0 aliphatic carbocycles. The van der Waals surface area contributed by atoms with Crippen LogP contribution in [0.5, 0.6) is 0 Å². The van der Waals surface area contributed by atoms with Gasteiger partial charge in [0.2, 0.25) is 0 Å². The van der Waals surface area contributed by atoms with Crippen molar-refractivity contribution >= 4 is 5.69 Å². The van der Waals surface area contributed by atoms with E-state index in [9.17, 15) is 10.1 Å². The van der Waals surface area contributed by atoms with Gasteiger partial charge in [0.25, 0.3) is 5.69 Å². The van der Waals surface area contributed by atoms with Crippen molar-refractivity contribution in [1.82, 2.24) is 0 Å². The van der Waals surface area contributed by atoms with Crippen molar-refractivity contribution in [1.29, 1.82) is 0 Å². The maximum atomic E-state index is 10.7. The van der Waals surface area contributed by atoms with Crippen LogP contribution in [0.15, 0.2) is 35.9 Å². The molecule has 4 heteroatoms. The van der Waals surface area contributed by atoms with Crippen LogP contribution < -0.4 is 0 Å². The molecule has 1 unspecified atom stereocenters. The van der Waals surface area contributed by atoms with Gasteiger partial charge < -0.3 is 4.74 Å². The molecule has 1 atom stereocenters. The van der Waals surface area contributed by atoms with E-state index in [1.54, 1.807) is 12.1 Å². The van der Waals surface area contributed by atoms with Gasteiger partial charge in [-0.25, -0.2) is 0 Å². The van der Waals surface area contributed by atoms with Gasteiger partial charge in [-0.15, -0.1) is 0 Å². The molecule has 0 saturated heterocycles. The topological polar surface area (TPSA) is 52.4 Å². The monoisotopic (exact) mass is 219 g/mol. The Labute approximate surface area is 93.7 Å². The molecule has 4 nitrogen and oxygen atoms in total. The van der Waals surface area contributed by atoms with E-state index in [0.29, 0.717) is 6.61 Å². The minimum absolute atomic E-state index is 0.0510. The molecule has 1 aromatic rings. The number of hydrogen-bond acceptors (Lipinski definition) is 3. The highest BCUT2D eigenvalue weighted by Gasteiger charge is 2.18. The molecule has 1 aromatic carbocycles. The summed E-state index contributed by atoms with van der Waals surface area (Å²) in [6, 6.07) is 6.65. The van der Waals surface area contributed by atoms with Crippen LogP contribution in [-0.4, -0.2) is 11.5 Å². The Bertz CT molecular complexity index is 440. The largest absolute Gasteiger partial charge is 0.369 e. The molecule has 1 aliphatic rings. The highest BCUT2D eigenvalue weighted by molar-refractivity contribution is 5.36. The molecule has 0 amide bonds. The predicted octanol–water partition coefficient (Wildman–Crippen LogP) is 3.00. The number of rotatable bonds is 2. The standard InChI is InChI=1S/C12H13NO3/c1-9-5-6-16-12(7-9)10-3-2-4-11(8-10)13(14)15/h2-5,8,12H,6-7H2,1H3. The van der Waals surface area contributed by atoms with Gasteiger partial charge in [0.15, 0.2) is 0 Å². The van der Waals surface area contributed by atoms with Crippen molar-refractivity contribution < 1.29 is 9.66 Å². The third-order valence-electron chi connectivity index (χ3n) is 2.69. The number of hydrogen-bond donors (Lipinski definition) is 0. The van der Waals surface area contributed by atoms with Crippen molar-refractivity contribution in [3.8, 4) is 0 Å². The van der Waals surface area contributed by atoms with Crippen LogP contribution >= 0.6 is 0 Å². The Kier molecular flexibility index (Phi) is 3.01. The van der Waals surface area contributed by atoms with E-state index in [1.165, 1.54) is 11.6 Å². The van der Waals surface area contributed by atoms with E-state index in [2.05, 4.69) is 0 Å². The maximum absolute atomic E-state index is 10.7. The number of nitro groups is 1. The van der Waals surface area contributed by atoms with E-state index < -0.39 is 0 Å². The molecular formula is C12H13NO3. The van der Waals surface area contributed by atoms with E-state index in [1.807, 2.05) is 19.1 Å². The van der Waals surface area contributed by atoms with Gasteiger partial charge in [-0.05, 0) is 18.9 Å². The smallest absolute Gasteiger partial charge is 0.269 e. The third-order valence-corrected chi connectivity index (χ3v) is 2.69. The summed E-state index contributed by atoms with van der Waals surface area (Å²) in [5, 5.41) is 10.7. The van der Waals surface area contributed by atoms with Crippen LogP contribution in [0.3, 0.4) is 0 Å². The summed E-state index contributed by atoms with van der Waals surface area (Å²) in [4.78, 5) is 10.3. The average molecular weight is 219 g/mol. The second-order valence-electron chi connectivity index (χ2n) is 3.93. The molecular weight excluding hydrogens is 206 g/mol. The van der Waals surface area contributed by atoms with Crippen molar-refractivity contribution in [2.75, 3.05) is 6.61 Å². The van der Waals surface area contributed by atoms with Crippen LogP contribution in [0.1, 0.15) is 25.0 Å². The Morgan fingerprint density at radius 2 is 2.31 bits per heavy atom. The summed E-state index contributed by atoms with van der Waals surface area (Å²) in [5.41, 5.74) is 2.26. The lowest BCUT2D eigenvalue weighted by molar-refractivity contribution is -0.385.